The van der Waals surface area contributed by atoms with Crippen LogP contribution in [0.25, 0.3) is 0 Å². The molecule has 96 valence electrons. The molecule has 0 unspecified atom stereocenters. The van der Waals surface area contributed by atoms with E-state index in [9.17, 15) is 0 Å². The number of rotatable bonds is 7. The van der Waals surface area contributed by atoms with Crippen LogP contribution in [0.3, 0.4) is 0 Å². The minimum absolute atomic E-state index is 0.647. The van der Waals surface area contributed by atoms with Crippen LogP contribution in [0.4, 0.5) is 0 Å². The van der Waals surface area contributed by atoms with Crippen LogP contribution in [0.1, 0.15) is 48.2 Å². The highest BCUT2D eigenvalue weighted by molar-refractivity contribution is 7.11. The highest BCUT2D eigenvalue weighted by atomic mass is 32.1. The van der Waals surface area contributed by atoms with Gasteiger partial charge in [0.05, 0.1) is 12.3 Å². The van der Waals surface area contributed by atoms with Crippen LogP contribution in [-0.4, -0.2) is 18.6 Å². The summed E-state index contributed by atoms with van der Waals surface area (Å²) in [5.41, 5.74) is 1.33. The summed E-state index contributed by atoms with van der Waals surface area (Å²) in [7, 11) is 1.73. The third-order valence-electron chi connectivity index (χ3n) is 2.84. The van der Waals surface area contributed by atoms with Crippen molar-refractivity contribution < 1.29 is 4.74 Å². The molecular weight excluding hydrogens is 232 g/mol. The first kappa shape index (κ1) is 13.0. The molecular formula is C13H22N2OS. The van der Waals surface area contributed by atoms with Crippen LogP contribution in [-0.2, 0) is 17.9 Å². The van der Waals surface area contributed by atoms with Crippen molar-refractivity contribution in [1.82, 2.24) is 10.3 Å². The van der Waals surface area contributed by atoms with Crippen molar-refractivity contribution in [1.29, 1.82) is 0 Å². The molecule has 3 nitrogen and oxygen atoms in total. The lowest BCUT2D eigenvalue weighted by Gasteiger charge is -2.06. The van der Waals surface area contributed by atoms with E-state index in [0.717, 1.165) is 24.0 Å². The van der Waals surface area contributed by atoms with Crippen LogP contribution in [0.2, 0.25) is 0 Å². The Hall–Kier alpha value is -0.450. The van der Waals surface area contributed by atoms with Gasteiger partial charge in [0.15, 0.2) is 0 Å². The van der Waals surface area contributed by atoms with E-state index in [-0.39, 0.29) is 0 Å². The van der Waals surface area contributed by atoms with E-state index in [1.807, 2.05) is 0 Å². The fourth-order valence-electron chi connectivity index (χ4n) is 1.88. The SMILES string of the molecule is COCc1nc(C2CC2)c(CNCC(C)C)s1. The molecule has 2 rings (SSSR count). The van der Waals surface area contributed by atoms with E-state index in [4.69, 9.17) is 9.72 Å². The molecule has 0 spiro atoms. The van der Waals surface area contributed by atoms with Crippen molar-refractivity contribution in [3.63, 3.8) is 0 Å². The molecule has 17 heavy (non-hydrogen) atoms. The molecule has 1 aromatic rings. The number of hydrogen-bond donors (Lipinski definition) is 1. The minimum Gasteiger partial charge on any atom is -0.378 e. The molecule has 1 heterocycles. The first-order chi connectivity index (χ1) is 8.20. The number of nitrogens with zero attached hydrogens (tertiary/aromatic N) is 1. The maximum Gasteiger partial charge on any atom is 0.119 e. The summed E-state index contributed by atoms with van der Waals surface area (Å²) < 4.78 is 5.17. The van der Waals surface area contributed by atoms with Crippen LogP contribution >= 0.6 is 11.3 Å². The van der Waals surface area contributed by atoms with Crippen molar-refractivity contribution >= 4 is 11.3 Å². The Morgan fingerprint density at radius 3 is 2.82 bits per heavy atom. The molecule has 0 bridgehead atoms. The standard InChI is InChI=1S/C13H22N2OS/c1-9(2)6-14-7-11-13(10-4-5-10)15-12(17-11)8-16-3/h9-10,14H,4-8H2,1-3H3. The molecule has 4 heteroatoms. The molecule has 0 aromatic carbocycles. The Kier molecular flexibility index (Phi) is 4.54. The number of nitrogens with one attached hydrogen (secondary N) is 1. The molecule has 1 aliphatic rings. The molecule has 0 saturated heterocycles. The number of aromatic nitrogens is 1. The summed E-state index contributed by atoms with van der Waals surface area (Å²) >= 11 is 1.81. The van der Waals surface area contributed by atoms with Gasteiger partial charge in [0.25, 0.3) is 0 Å². The fourth-order valence-corrected chi connectivity index (χ4v) is 2.97. The van der Waals surface area contributed by atoms with Crippen molar-refractivity contribution in [3.8, 4) is 0 Å². The average molecular weight is 254 g/mol. The van der Waals surface area contributed by atoms with Gasteiger partial charge in [-0.15, -0.1) is 11.3 Å². The fraction of sp³-hybridized carbons (Fsp3) is 0.769. The van der Waals surface area contributed by atoms with Gasteiger partial charge in [0.1, 0.15) is 5.01 Å². The summed E-state index contributed by atoms with van der Waals surface area (Å²) in [6.07, 6.45) is 2.63. The Morgan fingerprint density at radius 2 is 2.24 bits per heavy atom. The maximum atomic E-state index is 5.17. The van der Waals surface area contributed by atoms with Gasteiger partial charge in [-0.1, -0.05) is 13.8 Å². The van der Waals surface area contributed by atoms with Crippen molar-refractivity contribution in [2.24, 2.45) is 5.92 Å². The topological polar surface area (TPSA) is 34.1 Å². The molecule has 1 fully saturated rings. The van der Waals surface area contributed by atoms with E-state index in [2.05, 4.69) is 19.2 Å². The second-order valence-corrected chi connectivity index (χ2v) is 6.32. The van der Waals surface area contributed by atoms with E-state index in [0.29, 0.717) is 12.5 Å². The Morgan fingerprint density at radius 1 is 1.47 bits per heavy atom. The van der Waals surface area contributed by atoms with Crippen molar-refractivity contribution in [3.05, 3.63) is 15.6 Å². The first-order valence-electron chi connectivity index (χ1n) is 6.38. The zero-order valence-electron chi connectivity index (χ0n) is 11.0. The summed E-state index contributed by atoms with van der Waals surface area (Å²) in [5.74, 6) is 1.43. The Balaban J connectivity index is 1.97. The van der Waals surface area contributed by atoms with Gasteiger partial charge in [0, 0.05) is 24.4 Å². The largest absolute Gasteiger partial charge is 0.378 e. The van der Waals surface area contributed by atoms with Gasteiger partial charge < -0.3 is 10.1 Å². The molecule has 0 atom stereocenters. The normalized spacial score (nSPS) is 15.8. The number of hydrogen-bond acceptors (Lipinski definition) is 4. The molecule has 0 radical (unpaired) electrons. The molecule has 0 aliphatic heterocycles. The second-order valence-electron chi connectivity index (χ2n) is 5.15. The summed E-state index contributed by atoms with van der Waals surface area (Å²) in [6, 6.07) is 0. The van der Waals surface area contributed by atoms with Crippen molar-refractivity contribution in [2.75, 3.05) is 13.7 Å². The molecule has 1 aromatic heterocycles. The Bertz CT molecular complexity index is 358. The summed E-state index contributed by atoms with van der Waals surface area (Å²) in [5, 5.41) is 4.63. The van der Waals surface area contributed by atoms with Crippen molar-refractivity contribution in [2.45, 2.75) is 45.8 Å². The second kappa shape index (κ2) is 5.94. The molecule has 0 amide bonds. The van der Waals surface area contributed by atoms with E-state index in [1.54, 1.807) is 18.4 Å². The maximum absolute atomic E-state index is 5.17. The summed E-state index contributed by atoms with van der Waals surface area (Å²) in [4.78, 5) is 6.13. The highest BCUT2D eigenvalue weighted by Crippen LogP contribution is 2.42. The average Bonchev–Trinajstić information content (AvgIpc) is 3.03. The lowest BCUT2D eigenvalue weighted by molar-refractivity contribution is 0.184. The Labute approximate surface area is 108 Å². The van der Waals surface area contributed by atoms with Gasteiger partial charge in [-0.05, 0) is 25.3 Å². The van der Waals surface area contributed by atoms with Gasteiger partial charge in [-0.25, -0.2) is 4.98 Å². The molecule has 1 N–H and O–H groups in total. The van der Waals surface area contributed by atoms with Crippen LogP contribution < -0.4 is 5.32 Å². The van der Waals surface area contributed by atoms with Gasteiger partial charge in [0.2, 0.25) is 0 Å². The van der Waals surface area contributed by atoms with Gasteiger partial charge >= 0.3 is 0 Å². The van der Waals surface area contributed by atoms with E-state index < -0.39 is 0 Å². The predicted molar refractivity (Wildman–Crippen MR) is 71.3 cm³/mol. The molecule has 1 aliphatic carbocycles. The number of methoxy groups -OCH3 is 1. The van der Waals surface area contributed by atoms with Crippen LogP contribution in [0.15, 0.2) is 0 Å². The lowest BCUT2D eigenvalue weighted by Crippen LogP contribution is -2.18. The van der Waals surface area contributed by atoms with Gasteiger partial charge in [-0.3, -0.25) is 0 Å². The van der Waals surface area contributed by atoms with Crippen LogP contribution in [0, 0.1) is 5.92 Å². The third kappa shape index (κ3) is 3.76. The summed E-state index contributed by atoms with van der Waals surface area (Å²) in [6.45, 7) is 7.15. The monoisotopic (exact) mass is 254 g/mol. The van der Waals surface area contributed by atoms with E-state index in [1.165, 1.54) is 23.4 Å². The zero-order chi connectivity index (χ0) is 12.3. The molecule has 1 saturated carbocycles. The predicted octanol–water partition coefficient (Wildman–Crippen LogP) is 2.91. The third-order valence-corrected chi connectivity index (χ3v) is 3.89. The first-order valence-corrected chi connectivity index (χ1v) is 7.20. The highest BCUT2D eigenvalue weighted by Gasteiger charge is 2.29. The minimum atomic E-state index is 0.647. The van der Waals surface area contributed by atoms with Gasteiger partial charge in [-0.2, -0.15) is 0 Å². The van der Waals surface area contributed by atoms with Crippen LogP contribution in [0.5, 0.6) is 0 Å². The number of thiazole rings is 1. The number of ether oxygens (including phenoxy) is 1. The zero-order valence-corrected chi connectivity index (χ0v) is 11.8. The quantitative estimate of drug-likeness (QED) is 0.812. The smallest absolute Gasteiger partial charge is 0.119 e. The lowest BCUT2D eigenvalue weighted by atomic mass is 10.2. The van der Waals surface area contributed by atoms with E-state index >= 15 is 0 Å².